The Bertz CT molecular complexity index is 1320. The molecule has 2 aliphatic carbocycles. The summed E-state index contributed by atoms with van der Waals surface area (Å²) in [5.74, 6) is 2.07. The summed E-state index contributed by atoms with van der Waals surface area (Å²) in [5, 5.41) is 21.6. The number of aromatic hydroxyl groups is 2. The van der Waals surface area contributed by atoms with Gasteiger partial charge in [0.25, 0.3) is 0 Å². The summed E-state index contributed by atoms with van der Waals surface area (Å²) in [7, 11) is 0. The van der Waals surface area contributed by atoms with E-state index in [1.54, 1.807) is 0 Å². The van der Waals surface area contributed by atoms with Gasteiger partial charge in [-0.05, 0) is 82.4 Å². The summed E-state index contributed by atoms with van der Waals surface area (Å²) in [5.41, 5.74) is 6.17. The van der Waals surface area contributed by atoms with E-state index in [1.807, 2.05) is 12.4 Å². The molecule has 0 saturated heterocycles. The molecule has 2 N–H and O–H groups in total. The fraction of sp³-hybridized carbons (Fsp3) is 0.652. The van der Waals surface area contributed by atoms with Gasteiger partial charge in [0, 0.05) is 34.7 Å². The number of nitrogens with zero attached hydrogens (tertiary/aromatic N) is 2. The van der Waals surface area contributed by atoms with Gasteiger partial charge in [0.1, 0.15) is 11.5 Å². The van der Waals surface area contributed by atoms with Crippen molar-refractivity contribution < 1.29 is 36.4 Å². The van der Waals surface area contributed by atoms with Crippen LogP contribution in [0.1, 0.15) is 182 Å². The molecule has 4 rings (SSSR count). The van der Waals surface area contributed by atoms with Crippen LogP contribution >= 0.6 is 0 Å². The van der Waals surface area contributed by atoms with Gasteiger partial charge in [-0.2, -0.15) is 0 Å². The normalized spacial score (nSPS) is 21.6. The maximum Gasteiger partial charge on any atom is 2.00 e. The van der Waals surface area contributed by atoms with Crippen molar-refractivity contribution >= 4 is 12.4 Å². The zero-order valence-electron chi connectivity index (χ0n) is 35.7. The van der Waals surface area contributed by atoms with E-state index >= 15 is 0 Å². The Hall–Kier alpha value is -1.74. The second-order valence-corrected chi connectivity index (χ2v) is 19.1. The quantitative estimate of drug-likeness (QED) is 0.240. The molecule has 5 heteroatoms. The fourth-order valence-electron chi connectivity index (χ4n) is 6.91. The minimum Gasteiger partial charge on any atom is -0.507 e. The van der Waals surface area contributed by atoms with Crippen LogP contribution in [0.2, 0.25) is 0 Å². The molecule has 4 atom stereocenters. The third kappa shape index (κ3) is 13.9. The average molecular weight is 780 g/mol. The van der Waals surface area contributed by atoms with Gasteiger partial charge in [-0.1, -0.05) is 135 Å². The Morgan fingerprint density at radius 2 is 0.804 bits per heavy atom. The largest absolute Gasteiger partial charge is 2.00 e. The molecule has 2 aliphatic rings. The summed E-state index contributed by atoms with van der Waals surface area (Å²) in [6.45, 7) is 30.8. The number of hydrogen-bond donors (Lipinski definition) is 2. The van der Waals surface area contributed by atoms with E-state index in [2.05, 4.69) is 121 Å². The molecule has 0 amide bonds. The van der Waals surface area contributed by atoms with Crippen LogP contribution in [0.3, 0.4) is 0 Å². The Morgan fingerprint density at radius 3 is 1.06 bits per heavy atom. The van der Waals surface area contributed by atoms with Gasteiger partial charge in [-0.15, -0.1) is 0 Å². The van der Waals surface area contributed by atoms with Crippen LogP contribution in [0, 0.1) is 26.7 Å². The maximum absolute atomic E-state index is 10.8. The number of rotatable bonds is 4. The SMILES string of the molecule is CC1CCCCC1N=Cc1cc(C(C)(C)C)cc(C(C)(C)C)c1O.CC1CCCCC1N=Cc1cc(C(C)(C)C)cc(C(C)(C)C)c1O.[CH3-].[CH3-].[Zr+2]. The van der Waals surface area contributed by atoms with Gasteiger partial charge in [0.15, 0.2) is 0 Å². The predicted octanol–water partition coefficient (Wildman–Crippen LogP) is 12.9. The Balaban J connectivity index is 0.000000926. The third-order valence-electron chi connectivity index (χ3n) is 10.6. The van der Waals surface area contributed by atoms with Crippen molar-refractivity contribution in [1.82, 2.24) is 0 Å². The van der Waals surface area contributed by atoms with E-state index in [0.717, 1.165) is 22.3 Å². The standard InChI is InChI=1S/2C22H35NO.2CH3.Zr/c2*1-15-10-8-9-11-19(15)23-14-16-12-17(21(2,3)4)13-18(20(16)24)22(5,6)7;;;/h2*12-15,19,24H,8-11H2,1-7H3;2*1H3;/q;;2*-1;+2. The van der Waals surface area contributed by atoms with E-state index in [0.29, 0.717) is 35.4 Å². The minimum absolute atomic E-state index is 0. The first-order valence-electron chi connectivity index (χ1n) is 18.8. The number of benzene rings is 2. The molecule has 0 spiro atoms. The topological polar surface area (TPSA) is 65.2 Å². The Morgan fingerprint density at radius 1 is 0.510 bits per heavy atom. The van der Waals surface area contributed by atoms with Crippen LogP contribution < -0.4 is 0 Å². The summed E-state index contributed by atoms with van der Waals surface area (Å²) < 4.78 is 0. The van der Waals surface area contributed by atoms with Crippen molar-refractivity contribution in [2.75, 3.05) is 0 Å². The summed E-state index contributed by atoms with van der Waals surface area (Å²) in [6.07, 6.45) is 13.9. The molecule has 0 aliphatic heterocycles. The van der Waals surface area contributed by atoms with E-state index in [9.17, 15) is 10.2 Å². The first-order chi connectivity index (χ1) is 22.0. The molecular formula is C46H76N2O2Zr. The molecule has 0 radical (unpaired) electrons. The van der Waals surface area contributed by atoms with Crippen molar-refractivity contribution in [1.29, 1.82) is 0 Å². The molecule has 2 aromatic carbocycles. The van der Waals surface area contributed by atoms with E-state index in [4.69, 9.17) is 9.98 Å². The molecule has 0 bridgehead atoms. The first kappa shape index (κ1) is 49.3. The Kier molecular flexibility index (Phi) is 18.9. The summed E-state index contributed by atoms with van der Waals surface area (Å²) in [6, 6.07) is 9.35. The predicted molar refractivity (Wildman–Crippen MR) is 222 cm³/mol. The van der Waals surface area contributed by atoms with Crippen LogP contribution in [0.15, 0.2) is 34.3 Å². The van der Waals surface area contributed by atoms with Crippen LogP contribution in [-0.2, 0) is 47.9 Å². The van der Waals surface area contributed by atoms with Crippen LogP contribution in [0.4, 0.5) is 0 Å². The zero-order valence-corrected chi connectivity index (χ0v) is 38.2. The maximum atomic E-state index is 10.8. The molecule has 4 unspecified atom stereocenters. The molecule has 51 heavy (non-hydrogen) atoms. The number of hydrogen-bond acceptors (Lipinski definition) is 4. The van der Waals surface area contributed by atoms with Crippen molar-refractivity contribution in [2.45, 2.75) is 182 Å². The van der Waals surface area contributed by atoms with Crippen molar-refractivity contribution in [2.24, 2.45) is 21.8 Å². The number of phenolic OH excluding ortho intramolecular Hbond substituents is 2. The van der Waals surface area contributed by atoms with Gasteiger partial charge in [-0.3, -0.25) is 9.98 Å². The molecule has 0 aromatic heterocycles. The summed E-state index contributed by atoms with van der Waals surface area (Å²) >= 11 is 0. The second kappa shape index (κ2) is 19.5. The van der Waals surface area contributed by atoms with Crippen LogP contribution in [0.25, 0.3) is 0 Å². The fourth-order valence-corrected chi connectivity index (χ4v) is 6.91. The molecule has 0 heterocycles. The number of phenols is 2. The van der Waals surface area contributed by atoms with Crippen molar-refractivity contribution in [3.8, 4) is 11.5 Å². The smallest absolute Gasteiger partial charge is 0.507 e. The molecular weight excluding hydrogens is 704 g/mol. The van der Waals surface area contributed by atoms with Crippen LogP contribution in [0.5, 0.6) is 11.5 Å². The van der Waals surface area contributed by atoms with Gasteiger partial charge < -0.3 is 25.1 Å². The zero-order chi connectivity index (χ0) is 36.2. The molecule has 2 aromatic rings. The van der Waals surface area contributed by atoms with Gasteiger partial charge >= 0.3 is 26.2 Å². The average Bonchev–Trinajstić information content (AvgIpc) is 2.95. The third-order valence-corrected chi connectivity index (χ3v) is 10.6. The Labute approximate surface area is 335 Å². The van der Waals surface area contributed by atoms with Gasteiger partial charge in [-0.25, -0.2) is 0 Å². The van der Waals surface area contributed by atoms with Gasteiger partial charge in [0.05, 0.1) is 12.1 Å². The monoisotopic (exact) mass is 778 g/mol. The molecule has 2 fully saturated rings. The molecule has 4 nitrogen and oxygen atoms in total. The molecule has 286 valence electrons. The van der Waals surface area contributed by atoms with E-state index < -0.39 is 0 Å². The van der Waals surface area contributed by atoms with Crippen molar-refractivity contribution in [3.63, 3.8) is 0 Å². The van der Waals surface area contributed by atoms with E-state index in [-0.39, 0.29) is 62.7 Å². The molecule has 2 saturated carbocycles. The van der Waals surface area contributed by atoms with Crippen LogP contribution in [-0.4, -0.2) is 34.7 Å². The minimum atomic E-state index is -0.0912. The van der Waals surface area contributed by atoms with E-state index in [1.165, 1.54) is 62.5 Å². The van der Waals surface area contributed by atoms with Gasteiger partial charge in [0.2, 0.25) is 0 Å². The summed E-state index contributed by atoms with van der Waals surface area (Å²) in [4.78, 5) is 9.71. The first-order valence-corrected chi connectivity index (χ1v) is 18.8. The second-order valence-electron chi connectivity index (χ2n) is 19.1. The van der Waals surface area contributed by atoms with Crippen molar-refractivity contribution in [3.05, 3.63) is 72.5 Å². The number of aliphatic imine (C=N–C) groups is 2.